The van der Waals surface area contributed by atoms with Gasteiger partial charge in [0, 0.05) is 17.5 Å². The van der Waals surface area contributed by atoms with E-state index in [0.717, 1.165) is 6.54 Å². The monoisotopic (exact) mass is 267 g/mol. The molecule has 1 fully saturated rings. The summed E-state index contributed by atoms with van der Waals surface area (Å²) < 4.78 is 0. The molecule has 102 valence electrons. The number of nitrogens with zero attached hydrogens (tertiary/aromatic N) is 2. The van der Waals surface area contributed by atoms with Gasteiger partial charge in [-0.2, -0.15) is 0 Å². The summed E-state index contributed by atoms with van der Waals surface area (Å²) in [5, 5.41) is 4.80. The van der Waals surface area contributed by atoms with E-state index >= 15 is 0 Å². The molecule has 1 N–H and O–H groups in total. The van der Waals surface area contributed by atoms with Crippen LogP contribution in [0.5, 0.6) is 0 Å². The maximum atomic E-state index is 4.68. The number of rotatable bonds is 4. The molecule has 0 spiro atoms. The average Bonchev–Trinajstić information content (AvgIpc) is 2.68. The molecule has 2 heterocycles. The minimum Gasteiger partial charge on any atom is -0.313 e. The molecule has 4 heteroatoms. The van der Waals surface area contributed by atoms with Gasteiger partial charge in [0.2, 0.25) is 0 Å². The Balaban J connectivity index is 1.95. The van der Waals surface area contributed by atoms with Crippen LogP contribution in [0.4, 0.5) is 0 Å². The van der Waals surface area contributed by atoms with Crippen molar-refractivity contribution in [3.05, 3.63) is 15.6 Å². The largest absolute Gasteiger partial charge is 0.313 e. The highest BCUT2D eigenvalue weighted by Crippen LogP contribution is 2.26. The molecule has 1 aliphatic heterocycles. The zero-order chi connectivity index (χ0) is 13.1. The minimum absolute atomic E-state index is 0.415. The van der Waals surface area contributed by atoms with E-state index < -0.39 is 0 Å². The average molecular weight is 267 g/mol. The van der Waals surface area contributed by atoms with Crippen LogP contribution < -0.4 is 5.32 Å². The number of thiazole rings is 1. The molecule has 0 saturated carbocycles. The SMILES string of the molecule is Cc1nc(C(C)N(C)CC2CCCCN2)c(C)s1. The molecular formula is C14H25N3S. The van der Waals surface area contributed by atoms with E-state index in [2.05, 4.69) is 43.0 Å². The Morgan fingerprint density at radius 1 is 1.44 bits per heavy atom. The molecule has 2 unspecified atom stereocenters. The lowest BCUT2D eigenvalue weighted by atomic mass is 10.0. The number of piperidine rings is 1. The van der Waals surface area contributed by atoms with E-state index in [4.69, 9.17) is 0 Å². The summed E-state index contributed by atoms with van der Waals surface area (Å²) in [5.41, 5.74) is 1.26. The van der Waals surface area contributed by atoms with Crippen LogP contribution in [-0.4, -0.2) is 36.1 Å². The third-order valence-electron chi connectivity index (χ3n) is 3.92. The van der Waals surface area contributed by atoms with Gasteiger partial charge >= 0.3 is 0 Å². The van der Waals surface area contributed by atoms with Crippen LogP contribution in [0.2, 0.25) is 0 Å². The van der Waals surface area contributed by atoms with Gasteiger partial charge in [0.15, 0.2) is 0 Å². The highest BCUT2D eigenvalue weighted by Gasteiger charge is 2.21. The van der Waals surface area contributed by atoms with Crippen molar-refractivity contribution in [3.8, 4) is 0 Å². The second-order valence-corrected chi connectivity index (χ2v) is 6.84. The van der Waals surface area contributed by atoms with Crippen LogP contribution in [0.25, 0.3) is 0 Å². The van der Waals surface area contributed by atoms with Crippen LogP contribution in [0, 0.1) is 13.8 Å². The number of likely N-dealkylation sites (N-methyl/N-ethyl adjacent to an activating group) is 1. The lowest BCUT2D eigenvalue weighted by Gasteiger charge is -2.31. The van der Waals surface area contributed by atoms with E-state index in [-0.39, 0.29) is 0 Å². The zero-order valence-electron chi connectivity index (χ0n) is 12.0. The van der Waals surface area contributed by atoms with Gasteiger partial charge in [-0.3, -0.25) is 4.90 Å². The van der Waals surface area contributed by atoms with Gasteiger partial charge in [-0.15, -0.1) is 11.3 Å². The van der Waals surface area contributed by atoms with Crippen molar-refractivity contribution in [2.75, 3.05) is 20.1 Å². The number of hydrogen-bond donors (Lipinski definition) is 1. The molecular weight excluding hydrogens is 242 g/mol. The first-order valence-electron chi connectivity index (χ1n) is 6.95. The Labute approximate surface area is 115 Å². The smallest absolute Gasteiger partial charge is 0.0900 e. The molecule has 0 aromatic carbocycles. The zero-order valence-corrected chi connectivity index (χ0v) is 12.8. The fourth-order valence-electron chi connectivity index (χ4n) is 2.73. The molecule has 0 radical (unpaired) electrons. The number of aromatic nitrogens is 1. The highest BCUT2D eigenvalue weighted by molar-refractivity contribution is 7.11. The normalized spacial score (nSPS) is 22.4. The summed E-state index contributed by atoms with van der Waals surface area (Å²) in [6.07, 6.45) is 4.01. The molecule has 0 amide bonds. The van der Waals surface area contributed by atoms with E-state index in [1.54, 1.807) is 0 Å². The third kappa shape index (κ3) is 3.31. The summed E-state index contributed by atoms with van der Waals surface area (Å²) in [5.74, 6) is 0. The Morgan fingerprint density at radius 3 is 2.78 bits per heavy atom. The summed E-state index contributed by atoms with van der Waals surface area (Å²) in [6.45, 7) is 8.85. The predicted molar refractivity (Wildman–Crippen MR) is 78.3 cm³/mol. The van der Waals surface area contributed by atoms with Gasteiger partial charge < -0.3 is 5.32 Å². The van der Waals surface area contributed by atoms with Crippen molar-refractivity contribution in [2.24, 2.45) is 0 Å². The van der Waals surface area contributed by atoms with Crippen LogP contribution in [0.3, 0.4) is 0 Å². The maximum Gasteiger partial charge on any atom is 0.0900 e. The maximum absolute atomic E-state index is 4.68. The van der Waals surface area contributed by atoms with Gasteiger partial charge in [-0.25, -0.2) is 4.98 Å². The first-order valence-corrected chi connectivity index (χ1v) is 7.77. The molecule has 1 saturated heterocycles. The van der Waals surface area contributed by atoms with Gasteiger partial charge in [0.1, 0.15) is 0 Å². The van der Waals surface area contributed by atoms with Crippen LogP contribution >= 0.6 is 11.3 Å². The summed E-state index contributed by atoms with van der Waals surface area (Å²) in [7, 11) is 2.22. The Bertz CT molecular complexity index is 382. The van der Waals surface area contributed by atoms with Crippen molar-refractivity contribution in [1.29, 1.82) is 0 Å². The van der Waals surface area contributed by atoms with Gasteiger partial charge in [-0.1, -0.05) is 6.42 Å². The van der Waals surface area contributed by atoms with E-state index in [0.29, 0.717) is 12.1 Å². The Morgan fingerprint density at radius 2 is 2.22 bits per heavy atom. The first-order chi connectivity index (χ1) is 8.58. The molecule has 1 aromatic heterocycles. The fraction of sp³-hybridized carbons (Fsp3) is 0.786. The standard InChI is InChI=1S/C14H25N3S/c1-10(14-11(2)18-12(3)16-14)17(4)9-13-7-5-6-8-15-13/h10,13,15H,5-9H2,1-4H3. The van der Waals surface area contributed by atoms with Gasteiger partial charge in [-0.05, 0) is 47.2 Å². The predicted octanol–water partition coefficient (Wildman–Crippen LogP) is 2.89. The topological polar surface area (TPSA) is 28.2 Å². The summed E-state index contributed by atoms with van der Waals surface area (Å²) in [4.78, 5) is 8.48. The molecule has 1 aromatic rings. The molecule has 1 aliphatic rings. The highest BCUT2D eigenvalue weighted by atomic mass is 32.1. The second kappa shape index (κ2) is 6.13. The molecule has 18 heavy (non-hydrogen) atoms. The second-order valence-electron chi connectivity index (χ2n) is 5.44. The molecule has 2 atom stereocenters. The van der Waals surface area contributed by atoms with E-state index in [1.165, 1.54) is 41.4 Å². The molecule has 3 nitrogen and oxygen atoms in total. The van der Waals surface area contributed by atoms with Crippen molar-refractivity contribution in [3.63, 3.8) is 0 Å². The molecule has 2 rings (SSSR count). The first kappa shape index (κ1) is 14.0. The lowest BCUT2D eigenvalue weighted by molar-refractivity contribution is 0.211. The third-order valence-corrected chi connectivity index (χ3v) is 4.82. The summed E-state index contributed by atoms with van der Waals surface area (Å²) in [6, 6.07) is 1.07. The number of aryl methyl sites for hydroxylation is 2. The fourth-order valence-corrected chi connectivity index (χ4v) is 3.63. The Hall–Kier alpha value is -0.450. The Kier molecular flexibility index (Phi) is 4.76. The van der Waals surface area contributed by atoms with Crippen molar-refractivity contribution >= 4 is 11.3 Å². The van der Waals surface area contributed by atoms with Crippen molar-refractivity contribution in [1.82, 2.24) is 15.2 Å². The minimum atomic E-state index is 0.415. The molecule has 0 aliphatic carbocycles. The van der Waals surface area contributed by atoms with Crippen LogP contribution in [0.15, 0.2) is 0 Å². The lowest BCUT2D eigenvalue weighted by Crippen LogP contribution is -2.43. The quantitative estimate of drug-likeness (QED) is 0.909. The van der Waals surface area contributed by atoms with E-state index in [9.17, 15) is 0 Å². The van der Waals surface area contributed by atoms with Crippen molar-refractivity contribution < 1.29 is 0 Å². The van der Waals surface area contributed by atoms with Crippen LogP contribution in [-0.2, 0) is 0 Å². The van der Waals surface area contributed by atoms with E-state index in [1.807, 2.05) is 11.3 Å². The summed E-state index contributed by atoms with van der Waals surface area (Å²) >= 11 is 1.81. The van der Waals surface area contributed by atoms with Crippen LogP contribution in [0.1, 0.15) is 47.8 Å². The molecule has 0 bridgehead atoms. The number of nitrogens with one attached hydrogen (secondary N) is 1. The van der Waals surface area contributed by atoms with Crippen molar-refractivity contribution in [2.45, 2.75) is 52.1 Å². The van der Waals surface area contributed by atoms with Gasteiger partial charge in [0.05, 0.1) is 16.7 Å². The van der Waals surface area contributed by atoms with Gasteiger partial charge in [0.25, 0.3) is 0 Å². The number of hydrogen-bond acceptors (Lipinski definition) is 4.